The predicted octanol–water partition coefficient (Wildman–Crippen LogP) is 2.40. The van der Waals surface area contributed by atoms with Crippen molar-refractivity contribution in [2.45, 2.75) is 32.4 Å². The fraction of sp³-hybridized carbons (Fsp3) is 0.467. The van der Waals surface area contributed by atoms with Gasteiger partial charge in [-0.15, -0.1) is 0 Å². The maximum atomic E-state index is 6.06. The predicted molar refractivity (Wildman–Crippen MR) is 75.5 cm³/mol. The van der Waals surface area contributed by atoms with Crippen LogP contribution >= 0.6 is 0 Å². The van der Waals surface area contributed by atoms with E-state index in [0.717, 1.165) is 13.1 Å². The normalized spacial score (nSPS) is 21.6. The smallest absolute Gasteiger partial charge is 0.0459 e. The number of H-pyrrole nitrogens is 1. The third-order valence-electron chi connectivity index (χ3n) is 3.95. The van der Waals surface area contributed by atoms with E-state index in [2.05, 4.69) is 41.1 Å². The molecule has 0 saturated carbocycles. The number of likely N-dealkylation sites (tertiary alicyclic amines) is 1. The number of piperidine rings is 1. The number of nitrogens with two attached hydrogens (primary N) is 1. The van der Waals surface area contributed by atoms with E-state index in [1.807, 2.05) is 0 Å². The maximum Gasteiger partial charge on any atom is 0.0459 e. The number of hydrogen-bond donors (Lipinski definition) is 2. The highest BCUT2D eigenvalue weighted by Gasteiger charge is 2.18. The van der Waals surface area contributed by atoms with Crippen LogP contribution in [0, 0.1) is 6.92 Å². The lowest BCUT2D eigenvalue weighted by molar-refractivity contribution is 0.202. The molecule has 1 aliphatic heterocycles. The van der Waals surface area contributed by atoms with Gasteiger partial charge >= 0.3 is 0 Å². The number of fused-ring (bicyclic) bond motifs is 1. The number of rotatable bonds is 2. The topological polar surface area (TPSA) is 45.0 Å². The summed E-state index contributed by atoms with van der Waals surface area (Å²) in [5.41, 5.74) is 10.0. The molecule has 18 heavy (non-hydrogen) atoms. The average Bonchev–Trinajstić information content (AvgIpc) is 2.66. The number of para-hydroxylation sites is 1. The Morgan fingerprint density at radius 2 is 2.22 bits per heavy atom. The van der Waals surface area contributed by atoms with Crippen molar-refractivity contribution in [3.05, 3.63) is 35.5 Å². The summed E-state index contributed by atoms with van der Waals surface area (Å²) in [6.45, 7) is 5.38. The summed E-state index contributed by atoms with van der Waals surface area (Å²) in [6.07, 6.45) is 2.39. The second-order valence-electron chi connectivity index (χ2n) is 5.41. The largest absolute Gasteiger partial charge is 0.358 e. The summed E-state index contributed by atoms with van der Waals surface area (Å²) in [4.78, 5) is 5.95. The molecule has 3 nitrogen and oxygen atoms in total. The lowest BCUT2D eigenvalue weighted by Crippen LogP contribution is -2.42. The van der Waals surface area contributed by atoms with Gasteiger partial charge in [0, 0.05) is 35.7 Å². The number of aryl methyl sites for hydroxylation is 1. The third kappa shape index (κ3) is 2.16. The van der Waals surface area contributed by atoms with Crippen LogP contribution in [0.2, 0.25) is 0 Å². The molecule has 0 bridgehead atoms. The fourth-order valence-electron chi connectivity index (χ4n) is 3.00. The van der Waals surface area contributed by atoms with Crippen molar-refractivity contribution in [2.75, 3.05) is 13.1 Å². The Morgan fingerprint density at radius 1 is 1.39 bits per heavy atom. The van der Waals surface area contributed by atoms with Gasteiger partial charge in [0.15, 0.2) is 0 Å². The van der Waals surface area contributed by atoms with E-state index in [9.17, 15) is 0 Å². The number of benzene rings is 1. The Kier molecular flexibility index (Phi) is 3.10. The fourth-order valence-corrected chi connectivity index (χ4v) is 3.00. The highest BCUT2D eigenvalue weighted by atomic mass is 15.1. The Bertz CT molecular complexity index is 544. The van der Waals surface area contributed by atoms with Crippen LogP contribution in [0.3, 0.4) is 0 Å². The molecule has 0 aliphatic carbocycles. The summed E-state index contributed by atoms with van der Waals surface area (Å²) in [5.74, 6) is 0. The first-order valence-electron chi connectivity index (χ1n) is 6.78. The molecule has 2 aromatic rings. The molecule has 3 rings (SSSR count). The molecule has 1 atom stereocenters. The first kappa shape index (κ1) is 11.8. The quantitative estimate of drug-likeness (QED) is 0.850. The summed E-state index contributed by atoms with van der Waals surface area (Å²) in [7, 11) is 0. The highest BCUT2D eigenvalue weighted by Crippen LogP contribution is 2.24. The zero-order chi connectivity index (χ0) is 12.5. The Balaban J connectivity index is 1.87. The molecule has 96 valence electrons. The van der Waals surface area contributed by atoms with Gasteiger partial charge in [-0.2, -0.15) is 0 Å². The first-order valence-corrected chi connectivity index (χ1v) is 6.78. The van der Waals surface area contributed by atoms with Crippen molar-refractivity contribution in [1.82, 2.24) is 9.88 Å². The molecule has 0 radical (unpaired) electrons. The van der Waals surface area contributed by atoms with E-state index in [0.29, 0.717) is 6.04 Å². The van der Waals surface area contributed by atoms with E-state index in [-0.39, 0.29) is 0 Å². The van der Waals surface area contributed by atoms with Crippen LogP contribution in [0.1, 0.15) is 24.1 Å². The molecule has 0 amide bonds. The van der Waals surface area contributed by atoms with Crippen molar-refractivity contribution in [3.63, 3.8) is 0 Å². The highest BCUT2D eigenvalue weighted by molar-refractivity contribution is 5.84. The number of nitrogens with one attached hydrogen (secondary N) is 1. The molecular formula is C15H21N3. The van der Waals surface area contributed by atoms with E-state index in [4.69, 9.17) is 5.73 Å². The Hall–Kier alpha value is -1.32. The summed E-state index contributed by atoms with van der Waals surface area (Å²) in [6, 6.07) is 8.90. The molecule has 1 saturated heterocycles. The molecule has 1 aromatic heterocycles. The minimum absolute atomic E-state index is 0.351. The Labute approximate surface area is 108 Å². The monoisotopic (exact) mass is 243 g/mol. The molecule has 3 heteroatoms. The average molecular weight is 243 g/mol. The number of aromatic amines is 1. The maximum absolute atomic E-state index is 6.06. The zero-order valence-electron chi connectivity index (χ0n) is 10.9. The SMILES string of the molecule is Cc1[nH]c2ccccc2c1CN1CCCC(N)C1. The molecule has 3 N–H and O–H groups in total. The van der Waals surface area contributed by atoms with Crippen LogP contribution in [0.25, 0.3) is 10.9 Å². The Morgan fingerprint density at radius 3 is 3.06 bits per heavy atom. The van der Waals surface area contributed by atoms with Crippen molar-refractivity contribution >= 4 is 10.9 Å². The van der Waals surface area contributed by atoms with Crippen LogP contribution < -0.4 is 5.73 Å². The molecule has 1 aliphatic rings. The van der Waals surface area contributed by atoms with Crippen LogP contribution in [-0.4, -0.2) is 29.0 Å². The number of nitrogens with zero attached hydrogens (tertiary/aromatic N) is 1. The van der Waals surface area contributed by atoms with Gasteiger partial charge in [0.05, 0.1) is 0 Å². The van der Waals surface area contributed by atoms with Gasteiger partial charge in [-0.25, -0.2) is 0 Å². The third-order valence-corrected chi connectivity index (χ3v) is 3.95. The van der Waals surface area contributed by atoms with Gasteiger partial charge in [-0.3, -0.25) is 4.90 Å². The van der Waals surface area contributed by atoms with E-state index < -0.39 is 0 Å². The molecule has 2 heterocycles. The van der Waals surface area contributed by atoms with Gasteiger partial charge in [0.2, 0.25) is 0 Å². The second kappa shape index (κ2) is 4.75. The minimum Gasteiger partial charge on any atom is -0.358 e. The molecule has 1 unspecified atom stereocenters. The number of aromatic nitrogens is 1. The van der Waals surface area contributed by atoms with Gasteiger partial charge in [-0.1, -0.05) is 18.2 Å². The van der Waals surface area contributed by atoms with Crippen LogP contribution in [0.15, 0.2) is 24.3 Å². The van der Waals surface area contributed by atoms with Crippen molar-refractivity contribution in [3.8, 4) is 0 Å². The van der Waals surface area contributed by atoms with Crippen LogP contribution in [-0.2, 0) is 6.54 Å². The summed E-state index contributed by atoms with van der Waals surface area (Å²) >= 11 is 0. The van der Waals surface area contributed by atoms with Gasteiger partial charge in [-0.05, 0) is 37.9 Å². The first-order chi connectivity index (χ1) is 8.74. The molecular weight excluding hydrogens is 222 g/mol. The lowest BCUT2D eigenvalue weighted by atomic mass is 10.0. The van der Waals surface area contributed by atoms with Gasteiger partial charge in [0.1, 0.15) is 0 Å². The lowest BCUT2D eigenvalue weighted by Gasteiger charge is -2.30. The minimum atomic E-state index is 0.351. The van der Waals surface area contributed by atoms with Gasteiger partial charge in [0.25, 0.3) is 0 Å². The van der Waals surface area contributed by atoms with E-state index in [1.54, 1.807) is 0 Å². The summed E-state index contributed by atoms with van der Waals surface area (Å²) in [5, 5.41) is 1.36. The second-order valence-corrected chi connectivity index (χ2v) is 5.41. The number of hydrogen-bond acceptors (Lipinski definition) is 2. The molecule has 1 fully saturated rings. The molecule has 0 spiro atoms. The van der Waals surface area contributed by atoms with E-state index in [1.165, 1.54) is 41.5 Å². The molecule has 1 aromatic carbocycles. The zero-order valence-corrected chi connectivity index (χ0v) is 10.9. The summed E-state index contributed by atoms with van der Waals surface area (Å²) < 4.78 is 0. The van der Waals surface area contributed by atoms with Crippen molar-refractivity contribution < 1.29 is 0 Å². The van der Waals surface area contributed by atoms with Crippen molar-refractivity contribution in [1.29, 1.82) is 0 Å². The van der Waals surface area contributed by atoms with Crippen LogP contribution in [0.5, 0.6) is 0 Å². The van der Waals surface area contributed by atoms with E-state index >= 15 is 0 Å². The standard InChI is InChI=1S/C15H21N3/c1-11-14(10-18-8-4-5-12(16)9-18)13-6-2-3-7-15(13)17-11/h2-3,6-7,12,17H,4-5,8-10,16H2,1H3. The van der Waals surface area contributed by atoms with Gasteiger partial charge < -0.3 is 10.7 Å². The van der Waals surface area contributed by atoms with Crippen molar-refractivity contribution in [2.24, 2.45) is 5.73 Å². The van der Waals surface area contributed by atoms with Crippen LogP contribution in [0.4, 0.5) is 0 Å².